The van der Waals surface area contributed by atoms with Crippen LogP contribution in [0.1, 0.15) is 16.4 Å². The molecule has 0 radical (unpaired) electrons. The lowest BCUT2D eigenvalue weighted by atomic mass is 10.3. The lowest BCUT2D eigenvalue weighted by molar-refractivity contribution is 0.103. The molecule has 3 rings (SSSR count). The fraction of sp³-hybridized carbons (Fsp3) is 0.0667. The first-order valence-electron chi connectivity index (χ1n) is 6.04. The van der Waals surface area contributed by atoms with E-state index in [0.29, 0.717) is 16.8 Å². The van der Waals surface area contributed by atoms with E-state index in [9.17, 15) is 4.79 Å². The monoisotopic (exact) mass is 286 g/mol. The van der Waals surface area contributed by atoms with Gasteiger partial charge in [-0.25, -0.2) is 4.98 Å². The van der Waals surface area contributed by atoms with Crippen molar-refractivity contribution in [2.45, 2.75) is 0 Å². The topological polar surface area (TPSA) is 48.0 Å². The van der Waals surface area contributed by atoms with Gasteiger partial charge in [-0.05, 0) is 48.0 Å². The summed E-state index contributed by atoms with van der Waals surface area (Å²) in [5.74, 6) is 0.735. The van der Waals surface area contributed by atoms with Gasteiger partial charge in [0.1, 0.15) is 5.76 Å². The quantitative estimate of drug-likeness (QED) is 0.545. The Hall–Kier alpha value is -2.33. The largest absolute Gasteiger partial charge is 0.445 e. The molecule has 4 nitrogen and oxygen atoms in total. The maximum absolute atomic E-state index is 12.2. The Bertz CT molecular complexity index is 814. The number of halogens is 1. The molecule has 0 bridgehead atoms. The molecular weight excluding hydrogens is 276 g/mol. The number of allylic oxidation sites excluding steroid dienone is 1. The third-order valence-electron chi connectivity index (χ3n) is 3.00. The number of fused-ring (bicyclic) bond motifs is 1. The molecule has 0 atom stereocenters. The molecule has 0 N–H and O–H groups in total. The summed E-state index contributed by atoms with van der Waals surface area (Å²) >= 11 is 5.67. The fourth-order valence-corrected chi connectivity index (χ4v) is 2.17. The number of aromatic nitrogens is 2. The summed E-state index contributed by atoms with van der Waals surface area (Å²) in [7, 11) is 1.82. The van der Waals surface area contributed by atoms with Gasteiger partial charge in [-0.2, -0.15) is 0 Å². The molecule has 3 aromatic rings. The first-order chi connectivity index (χ1) is 9.65. The van der Waals surface area contributed by atoms with Crippen LogP contribution in [0.5, 0.6) is 0 Å². The van der Waals surface area contributed by atoms with Crippen molar-refractivity contribution >= 4 is 34.5 Å². The van der Waals surface area contributed by atoms with Crippen molar-refractivity contribution in [2.75, 3.05) is 0 Å². The highest BCUT2D eigenvalue weighted by Crippen LogP contribution is 2.17. The smallest absolute Gasteiger partial charge is 0.221 e. The Morgan fingerprint density at radius 2 is 2.10 bits per heavy atom. The normalized spacial score (nSPS) is 11.5. The van der Waals surface area contributed by atoms with Crippen LogP contribution in [0.4, 0.5) is 0 Å². The molecule has 0 aliphatic rings. The van der Waals surface area contributed by atoms with Crippen LogP contribution in [0.2, 0.25) is 5.22 Å². The molecule has 0 saturated carbocycles. The number of rotatable bonds is 3. The highest BCUT2D eigenvalue weighted by atomic mass is 35.5. The van der Waals surface area contributed by atoms with Gasteiger partial charge in [-0.15, -0.1) is 0 Å². The van der Waals surface area contributed by atoms with Gasteiger partial charge < -0.3 is 8.98 Å². The number of nitrogens with zero attached hydrogens (tertiary/aromatic N) is 2. The van der Waals surface area contributed by atoms with Crippen LogP contribution >= 0.6 is 11.6 Å². The number of para-hydroxylation sites is 2. The Morgan fingerprint density at radius 1 is 1.30 bits per heavy atom. The number of ketones is 1. The van der Waals surface area contributed by atoms with E-state index in [2.05, 4.69) is 4.98 Å². The zero-order valence-electron chi connectivity index (χ0n) is 10.7. The summed E-state index contributed by atoms with van der Waals surface area (Å²) in [6, 6.07) is 10.9. The second kappa shape index (κ2) is 4.98. The van der Waals surface area contributed by atoms with Gasteiger partial charge in [-0.1, -0.05) is 12.1 Å². The molecule has 2 aromatic heterocycles. The van der Waals surface area contributed by atoms with Crippen molar-refractivity contribution in [2.24, 2.45) is 7.05 Å². The van der Waals surface area contributed by atoms with Gasteiger partial charge >= 0.3 is 0 Å². The molecule has 2 heterocycles. The third kappa shape index (κ3) is 2.26. The van der Waals surface area contributed by atoms with E-state index in [-0.39, 0.29) is 5.78 Å². The Morgan fingerprint density at radius 3 is 2.80 bits per heavy atom. The third-order valence-corrected chi connectivity index (χ3v) is 3.20. The zero-order valence-corrected chi connectivity index (χ0v) is 11.5. The van der Waals surface area contributed by atoms with E-state index in [0.717, 1.165) is 11.0 Å². The predicted molar refractivity (Wildman–Crippen MR) is 77.8 cm³/mol. The van der Waals surface area contributed by atoms with Crippen LogP contribution in [0.15, 0.2) is 46.9 Å². The summed E-state index contributed by atoms with van der Waals surface area (Å²) in [5, 5.41) is 0.292. The molecule has 0 aliphatic heterocycles. The molecule has 20 heavy (non-hydrogen) atoms. The number of hydrogen-bond acceptors (Lipinski definition) is 3. The van der Waals surface area contributed by atoms with Gasteiger partial charge in [0.15, 0.2) is 11.0 Å². The van der Waals surface area contributed by atoms with Crippen molar-refractivity contribution in [3.05, 3.63) is 59.3 Å². The van der Waals surface area contributed by atoms with Gasteiger partial charge in [-0.3, -0.25) is 4.79 Å². The second-order valence-electron chi connectivity index (χ2n) is 4.32. The lowest BCUT2D eigenvalue weighted by Gasteiger charge is -1.97. The number of carbonyl (C=O) groups is 1. The van der Waals surface area contributed by atoms with Crippen molar-refractivity contribution in [3.8, 4) is 0 Å². The summed E-state index contributed by atoms with van der Waals surface area (Å²) in [5.41, 5.74) is 1.72. The molecule has 100 valence electrons. The Balaban J connectivity index is 1.93. The number of carbonyl (C=O) groups excluding carboxylic acids is 1. The summed E-state index contributed by atoms with van der Waals surface area (Å²) < 4.78 is 6.93. The minimum Gasteiger partial charge on any atom is -0.445 e. The van der Waals surface area contributed by atoms with Gasteiger partial charge in [0.05, 0.1) is 11.0 Å². The molecule has 0 spiro atoms. The number of furan rings is 1. The fourth-order valence-electron chi connectivity index (χ4n) is 2.02. The Kier molecular flexibility index (Phi) is 3.16. The maximum Gasteiger partial charge on any atom is 0.221 e. The molecule has 0 aliphatic carbocycles. The van der Waals surface area contributed by atoms with E-state index in [1.165, 1.54) is 6.08 Å². The number of hydrogen-bond donors (Lipinski definition) is 0. The Labute approximate surface area is 120 Å². The lowest BCUT2D eigenvalue weighted by Crippen LogP contribution is -2.04. The first-order valence-corrected chi connectivity index (χ1v) is 6.42. The number of imidazole rings is 1. The van der Waals surface area contributed by atoms with Gasteiger partial charge in [0, 0.05) is 7.05 Å². The second-order valence-corrected chi connectivity index (χ2v) is 4.70. The average molecular weight is 287 g/mol. The minimum absolute atomic E-state index is 0.184. The van der Waals surface area contributed by atoms with Crippen molar-refractivity contribution in [1.82, 2.24) is 9.55 Å². The SMILES string of the molecule is Cn1c(C(=O)/C=C/c2ccc(Cl)o2)nc2ccccc21. The van der Waals surface area contributed by atoms with E-state index in [1.54, 1.807) is 22.8 Å². The summed E-state index contributed by atoms with van der Waals surface area (Å²) in [6.45, 7) is 0. The van der Waals surface area contributed by atoms with Crippen LogP contribution in [0.25, 0.3) is 17.1 Å². The average Bonchev–Trinajstić information content (AvgIpc) is 3.01. The van der Waals surface area contributed by atoms with Crippen LogP contribution in [-0.4, -0.2) is 15.3 Å². The number of benzene rings is 1. The number of aryl methyl sites for hydroxylation is 1. The molecule has 0 unspecified atom stereocenters. The highest BCUT2D eigenvalue weighted by molar-refractivity contribution is 6.28. The maximum atomic E-state index is 12.2. The molecular formula is C15H11ClN2O2. The van der Waals surface area contributed by atoms with Gasteiger partial charge in [0.2, 0.25) is 5.78 Å². The van der Waals surface area contributed by atoms with Crippen LogP contribution < -0.4 is 0 Å². The van der Waals surface area contributed by atoms with E-state index < -0.39 is 0 Å². The van der Waals surface area contributed by atoms with Crippen LogP contribution in [-0.2, 0) is 7.05 Å². The molecule has 5 heteroatoms. The van der Waals surface area contributed by atoms with E-state index in [1.807, 2.05) is 31.3 Å². The van der Waals surface area contributed by atoms with Crippen molar-refractivity contribution in [3.63, 3.8) is 0 Å². The van der Waals surface area contributed by atoms with Crippen LogP contribution in [0.3, 0.4) is 0 Å². The van der Waals surface area contributed by atoms with Gasteiger partial charge in [0.25, 0.3) is 0 Å². The van der Waals surface area contributed by atoms with E-state index >= 15 is 0 Å². The summed E-state index contributed by atoms with van der Waals surface area (Å²) in [6.07, 6.45) is 3.00. The van der Waals surface area contributed by atoms with Crippen molar-refractivity contribution < 1.29 is 9.21 Å². The predicted octanol–water partition coefficient (Wildman–Crippen LogP) is 3.72. The molecule has 0 amide bonds. The molecule has 0 saturated heterocycles. The standard InChI is InChI=1S/C15H11ClN2O2/c1-18-12-5-3-2-4-11(12)17-15(18)13(19)8-6-10-7-9-14(16)20-10/h2-9H,1H3/b8-6+. The molecule has 0 fully saturated rings. The van der Waals surface area contributed by atoms with Crippen LogP contribution in [0, 0.1) is 0 Å². The minimum atomic E-state index is -0.184. The molecule has 1 aromatic carbocycles. The summed E-state index contributed by atoms with van der Waals surface area (Å²) in [4.78, 5) is 16.5. The first kappa shape index (κ1) is 12.7. The highest BCUT2D eigenvalue weighted by Gasteiger charge is 2.12. The van der Waals surface area contributed by atoms with Crippen molar-refractivity contribution in [1.29, 1.82) is 0 Å². The zero-order chi connectivity index (χ0) is 14.1. The van der Waals surface area contributed by atoms with E-state index in [4.69, 9.17) is 16.0 Å².